The molecule has 0 aliphatic rings. The molecule has 0 unspecified atom stereocenters. The summed E-state index contributed by atoms with van der Waals surface area (Å²) in [6.07, 6.45) is 0.944. The van der Waals surface area contributed by atoms with Crippen LogP contribution in [0.25, 0.3) is 0 Å². The van der Waals surface area contributed by atoms with Gasteiger partial charge in [0.25, 0.3) is 0 Å². The van der Waals surface area contributed by atoms with Crippen molar-refractivity contribution in [2.75, 3.05) is 20.1 Å². The molecule has 0 radical (unpaired) electrons. The molecule has 6 nitrogen and oxygen atoms in total. The van der Waals surface area contributed by atoms with Crippen LogP contribution in [0.5, 0.6) is 0 Å². The van der Waals surface area contributed by atoms with Gasteiger partial charge in [0.2, 0.25) is 10.0 Å². The molecular weight excluding hydrogens is 531 g/mol. The van der Waals surface area contributed by atoms with E-state index in [9.17, 15) is 8.42 Å². The Morgan fingerprint density at radius 3 is 2.47 bits per heavy atom. The van der Waals surface area contributed by atoms with Gasteiger partial charge in [-0.25, -0.2) is 18.1 Å². The summed E-state index contributed by atoms with van der Waals surface area (Å²) in [5.74, 6) is 0.764. The molecule has 0 fully saturated rings. The number of halogens is 1. The molecule has 0 saturated carbocycles. The molecule has 168 valence electrons. The third-order valence-electron chi connectivity index (χ3n) is 4.07. The highest BCUT2D eigenvalue weighted by molar-refractivity contribution is 14.0. The van der Waals surface area contributed by atoms with Crippen molar-refractivity contribution in [2.24, 2.45) is 4.99 Å². The number of benzene rings is 1. The van der Waals surface area contributed by atoms with Crippen molar-refractivity contribution in [1.82, 2.24) is 14.9 Å². The largest absolute Gasteiger partial charge is 0.357 e. The molecule has 0 atom stereocenters. The van der Waals surface area contributed by atoms with E-state index in [0.717, 1.165) is 25.5 Å². The fourth-order valence-electron chi connectivity index (χ4n) is 2.82. The normalized spacial score (nSPS) is 12.4. The number of likely N-dealkylation sites (N-methyl/N-ethyl adjacent to an activating group) is 1. The van der Waals surface area contributed by atoms with Crippen LogP contribution in [-0.2, 0) is 23.0 Å². The van der Waals surface area contributed by atoms with Gasteiger partial charge < -0.3 is 10.2 Å². The van der Waals surface area contributed by atoms with Crippen molar-refractivity contribution >= 4 is 51.3 Å². The van der Waals surface area contributed by atoms with Crippen molar-refractivity contribution < 1.29 is 8.42 Å². The Morgan fingerprint density at radius 1 is 1.17 bits per heavy atom. The fraction of sp³-hybridized carbons (Fsp3) is 0.476. The maximum absolute atomic E-state index is 12.8. The number of hydrogen-bond donors (Lipinski definition) is 2. The van der Waals surface area contributed by atoms with Gasteiger partial charge >= 0.3 is 0 Å². The van der Waals surface area contributed by atoms with E-state index in [1.54, 1.807) is 23.5 Å². The third kappa shape index (κ3) is 8.52. The summed E-state index contributed by atoms with van der Waals surface area (Å²) in [6, 6.07) is 11.2. The molecule has 30 heavy (non-hydrogen) atoms. The quantitative estimate of drug-likeness (QED) is 0.288. The Kier molecular flexibility index (Phi) is 10.8. The predicted molar refractivity (Wildman–Crippen MR) is 137 cm³/mol. The smallest absolute Gasteiger partial charge is 0.241 e. The predicted octanol–water partition coefficient (Wildman–Crippen LogP) is 4.08. The van der Waals surface area contributed by atoms with Crippen molar-refractivity contribution in [1.29, 1.82) is 0 Å². The number of aliphatic imine (C=N–C) groups is 1. The standard InChI is InChI=1S/C21H32N4O2S2.HI/c1-6-22-20(25(5)14-13-18-11-9-15-28-18)23-16-17-10-7-8-12-19(17)29(26,27)24-21(2,3)4;/h7-12,15,24H,6,13-14,16H2,1-5H3,(H,22,23);1H. The van der Waals surface area contributed by atoms with Crippen LogP contribution in [0.4, 0.5) is 0 Å². The lowest BCUT2D eigenvalue weighted by Gasteiger charge is -2.23. The van der Waals surface area contributed by atoms with Gasteiger partial charge in [-0.2, -0.15) is 0 Å². The zero-order valence-corrected chi connectivity index (χ0v) is 22.3. The first-order valence-electron chi connectivity index (χ1n) is 9.76. The number of sulfonamides is 1. The average Bonchev–Trinajstić information content (AvgIpc) is 3.15. The first-order chi connectivity index (χ1) is 13.6. The number of thiophene rings is 1. The van der Waals surface area contributed by atoms with Crippen LogP contribution in [-0.4, -0.2) is 45.0 Å². The summed E-state index contributed by atoms with van der Waals surface area (Å²) in [5.41, 5.74) is 0.123. The molecule has 0 spiro atoms. The van der Waals surface area contributed by atoms with E-state index in [4.69, 9.17) is 4.99 Å². The highest BCUT2D eigenvalue weighted by Gasteiger charge is 2.24. The molecule has 2 N–H and O–H groups in total. The molecule has 1 aromatic carbocycles. The maximum atomic E-state index is 12.8. The van der Waals surface area contributed by atoms with Crippen LogP contribution in [0, 0.1) is 0 Å². The third-order valence-corrected chi connectivity index (χ3v) is 6.87. The summed E-state index contributed by atoms with van der Waals surface area (Å²) in [6.45, 7) is 9.37. The zero-order valence-electron chi connectivity index (χ0n) is 18.3. The Bertz CT molecular complexity index is 907. The van der Waals surface area contributed by atoms with Crippen molar-refractivity contribution in [2.45, 2.75) is 51.1 Å². The van der Waals surface area contributed by atoms with Crippen LogP contribution in [0.3, 0.4) is 0 Å². The van der Waals surface area contributed by atoms with Gasteiger partial charge in [0.1, 0.15) is 0 Å². The molecular formula is C21H33IN4O2S2. The fourth-order valence-corrected chi connectivity index (χ4v) is 5.17. The minimum Gasteiger partial charge on any atom is -0.357 e. The molecule has 0 aliphatic carbocycles. The second-order valence-corrected chi connectivity index (χ2v) is 10.6. The lowest BCUT2D eigenvalue weighted by atomic mass is 10.1. The van der Waals surface area contributed by atoms with Crippen LogP contribution in [0.15, 0.2) is 51.7 Å². The van der Waals surface area contributed by atoms with Gasteiger partial charge in [-0.05, 0) is 57.2 Å². The van der Waals surface area contributed by atoms with Gasteiger partial charge in [0.15, 0.2) is 5.96 Å². The molecule has 2 rings (SSSR count). The topological polar surface area (TPSA) is 73.8 Å². The maximum Gasteiger partial charge on any atom is 0.241 e. The van der Waals surface area contributed by atoms with Crippen LogP contribution >= 0.6 is 35.3 Å². The van der Waals surface area contributed by atoms with Crippen LogP contribution < -0.4 is 10.0 Å². The van der Waals surface area contributed by atoms with Gasteiger partial charge in [-0.1, -0.05) is 24.3 Å². The molecule has 1 aromatic heterocycles. The summed E-state index contributed by atoms with van der Waals surface area (Å²) >= 11 is 1.75. The van der Waals surface area contributed by atoms with Gasteiger partial charge in [0.05, 0.1) is 11.4 Å². The molecule has 0 aliphatic heterocycles. The van der Waals surface area contributed by atoms with E-state index < -0.39 is 15.6 Å². The second-order valence-electron chi connectivity index (χ2n) is 7.88. The first kappa shape index (κ1) is 26.9. The first-order valence-corrected chi connectivity index (χ1v) is 12.1. The second kappa shape index (κ2) is 12.0. The van der Waals surface area contributed by atoms with Gasteiger partial charge in [-0.3, -0.25) is 0 Å². The van der Waals surface area contributed by atoms with E-state index in [1.807, 2.05) is 46.9 Å². The zero-order chi connectivity index (χ0) is 21.5. The Labute approximate surface area is 202 Å². The summed E-state index contributed by atoms with van der Waals surface area (Å²) in [5, 5.41) is 5.37. The van der Waals surface area contributed by atoms with E-state index in [0.29, 0.717) is 5.56 Å². The number of nitrogens with zero attached hydrogens (tertiary/aromatic N) is 2. The molecule has 2 aromatic rings. The summed E-state index contributed by atoms with van der Waals surface area (Å²) < 4.78 is 28.4. The minimum atomic E-state index is -3.62. The van der Waals surface area contributed by atoms with E-state index in [-0.39, 0.29) is 35.4 Å². The lowest BCUT2D eigenvalue weighted by Crippen LogP contribution is -2.41. The minimum absolute atomic E-state index is 0. The average molecular weight is 565 g/mol. The SMILES string of the molecule is CCNC(=NCc1ccccc1S(=O)(=O)NC(C)(C)C)N(C)CCc1cccs1.I. The summed E-state index contributed by atoms with van der Waals surface area (Å²) in [4.78, 5) is 8.38. The number of guanidine groups is 1. The molecule has 9 heteroatoms. The van der Waals surface area contributed by atoms with Gasteiger partial charge in [0, 0.05) is 30.6 Å². The lowest BCUT2D eigenvalue weighted by molar-refractivity contribution is 0.485. The van der Waals surface area contributed by atoms with Crippen LogP contribution in [0.1, 0.15) is 38.1 Å². The number of hydrogen-bond acceptors (Lipinski definition) is 4. The van der Waals surface area contributed by atoms with Crippen molar-refractivity contribution in [3.8, 4) is 0 Å². The number of nitrogens with one attached hydrogen (secondary N) is 2. The molecule has 1 heterocycles. The Balaban J connectivity index is 0.00000450. The molecule has 0 amide bonds. The molecule has 0 saturated heterocycles. The Morgan fingerprint density at radius 2 is 1.87 bits per heavy atom. The van der Waals surface area contributed by atoms with E-state index in [1.165, 1.54) is 4.88 Å². The highest BCUT2D eigenvalue weighted by atomic mass is 127. The van der Waals surface area contributed by atoms with E-state index in [2.05, 4.69) is 32.5 Å². The van der Waals surface area contributed by atoms with Gasteiger partial charge in [-0.15, -0.1) is 35.3 Å². The van der Waals surface area contributed by atoms with Crippen LogP contribution in [0.2, 0.25) is 0 Å². The molecule has 0 bridgehead atoms. The highest BCUT2D eigenvalue weighted by Crippen LogP contribution is 2.19. The monoisotopic (exact) mass is 564 g/mol. The van der Waals surface area contributed by atoms with E-state index >= 15 is 0 Å². The van der Waals surface area contributed by atoms with Crippen molar-refractivity contribution in [3.05, 3.63) is 52.2 Å². The van der Waals surface area contributed by atoms with Crippen molar-refractivity contribution in [3.63, 3.8) is 0 Å². The Hall–Kier alpha value is -1.17. The number of rotatable bonds is 8. The summed E-state index contributed by atoms with van der Waals surface area (Å²) in [7, 11) is -1.62.